The van der Waals surface area contributed by atoms with Crippen molar-refractivity contribution in [1.29, 1.82) is 0 Å². The van der Waals surface area contributed by atoms with Crippen LogP contribution in [0, 0.1) is 11.8 Å². The molecule has 5 rings (SSSR count). The molecule has 3 fully saturated rings. The van der Waals surface area contributed by atoms with Gasteiger partial charge >= 0.3 is 0 Å². The fourth-order valence-corrected chi connectivity index (χ4v) is 4.92. The first-order chi connectivity index (χ1) is 16.7. The second-order valence-corrected chi connectivity index (χ2v) is 9.35. The lowest BCUT2D eigenvalue weighted by Gasteiger charge is -2.28. The van der Waals surface area contributed by atoms with Crippen molar-refractivity contribution in [1.82, 2.24) is 20.4 Å². The van der Waals surface area contributed by atoms with Crippen molar-refractivity contribution >= 4 is 23.5 Å². The van der Waals surface area contributed by atoms with E-state index >= 15 is 0 Å². The van der Waals surface area contributed by atoms with Crippen molar-refractivity contribution < 1.29 is 19.1 Å². The van der Waals surface area contributed by atoms with Crippen LogP contribution in [-0.2, 0) is 19.1 Å². The van der Waals surface area contributed by atoms with Gasteiger partial charge in [0.05, 0.1) is 36.4 Å². The van der Waals surface area contributed by atoms with E-state index in [2.05, 4.69) is 31.0 Å². The van der Waals surface area contributed by atoms with Crippen LogP contribution < -0.4 is 10.6 Å². The first-order valence-electron chi connectivity index (χ1n) is 12.1. The lowest BCUT2D eigenvalue weighted by molar-refractivity contribution is -0.120. The minimum atomic E-state index is -0.113. The molecule has 2 aromatic rings. The van der Waals surface area contributed by atoms with Crippen LogP contribution in [0.2, 0.25) is 0 Å². The molecule has 1 aliphatic carbocycles. The average molecular weight is 467 g/mol. The molecule has 10 nitrogen and oxygen atoms in total. The van der Waals surface area contributed by atoms with Crippen LogP contribution in [0.25, 0.3) is 0 Å². The Bertz CT molecular complexity index is 908. The summed E-state index contributed by atoms with van der Waals surface area (Å²) in [6.07, 6.45) is 5.56. The maximum absolute atomic E-state index is 12.3. The zero-order chi connectivity index (χ0) is 23.3. The van der Waals surface area contributed by atoms with E-state index in [-0.39, 0.29) is 35.5 Å². The second-order valence-electron chi connectivity index (χ2n) is 9.35. The fraction of sp³-hybridized carbons (Fsp3) is 0.583. The van der Waals surface area contributed by atoms with Crippen LogP contribution in [0.1, 0.15) is 61.7 Å². The van der Waals surface area contributed by atoms with E-state index in [0.717, 1.165) is 49.9 Å². The maximum Gasteiger partial charge on any atom is 0.231 e. The maximum atomic E-state index is 12.3. The Labute approximate surface area is 198 Å². The van der Waals surface area contributed by atoms with Gasteiger partial charge in [0.15, 0.2) is 11.6 Å². The van der Waals surface area contributed by atoms with Crippen LogP contribution in [0.5, 0.6) is 0 Å². The SMILES string of the molecule is O=C(Nc1ccc(C2CCCC(c3ccc(NC(=O)C4CCOC4)nn3)C2)nn1)C1CCOC1. The van der Waals surface area contributed by atoms with Crippen molar-refractivity contribution in [3.05, 3.63) is 35.7 Å². The van der Waals surface area contributed by atoms with Gasteiger partial charge in [-0.05, 0) is 56.4 Å². The molecule has 180 valence electrons. The highest BCUT2D eigenvalue weighted by Gasteiger charge is 2.28. The number of ether oxygens (including phenoxy) is 2. The molecule has 2 N–H and O–H groups in total. The number of nitrogens with one attached hydrogen (secondary N) is 2. The number of hydrogen-bond acceptors (Lipinski definition) is 8. The van der Waals surface area contributed by atoms with Gasteiger partial charge < -0.3 is 20.1 Å². The Morgan fingerprint density at radius 3 is 1.59 bits per heavy atom. The Kier molecular flexibility index (Phi) is 7.05. The highest BCUT2D eigenvalue weighted by molar-refractivity contribution is 5.92. The molecule has 0 spiro atoms. The van der Waals surface area contributed by atoms with Crippen molar-refractivity contribution in [3.63, 3.8) is 0 Å². The predicted octanol–water partition coefficient (Wildman–Crippen LogP) is 2.66. The van der Waals surface area contributed by atoms with Gasteiger partial charge in [-0.2, -0.15) is 10.2 Å². The smallest absolute Gasteiger partial charge is 0.231 e. The fourth-order valence-electron chi connectivity index (χ4n) is 4.92. The van der Waals surface area contributed by atoms with Gasteiger partial charge in [-0.3, -0.25) is 9.59 Å². The van der Waals surface area contributed by atoms with Gasteiger partial charge in [-0.1, -0.05) is 6.42 Å². The molecule has 3 aliphatic rings. The molecule has 10 heteroatoms. The normalized spacial score (nSPS) is 26.8. The van der Waals surface area contributed by atoms with Crippen LogP contribution in [0.3, 0.4) is 0 Å². The molecule has 2 saturated heterocycles. The molecule has 4 heterocycles. The minimum Gasteiger partial charge on any atom is -0.381 e. The number of anilines is 2. The molecule has 0 aromatic carbocycles. The molecule has 2 aliphatic heterocycles. The minimum absolute atomic E-state index is 0.0629. The first kappa shape index (κ1) is 22.8. The molecule has 2 amide bonds. The Morgan fingerprint density at radius 1 is 0.706 bits per heavy atom. The highest BCUT2D eigenvalue weighted by Crippen LogP contribution is 2.40. The number of hydrogen-bond donors (Lipinski definition) is 2. The number of carbonyl (C=O) groups excluding carboxylic acids is 2. The molecule has 2 aromatic heterocycles. The van der Waals surface area contributed by atoms with E-state index in [1.54, 1.807) is 0 Å². The number of carbonyl (C=O) groups is 2. The van der Waals surface area contributed by atoms with E-state index < -0.39 is 0 Å². The third-order valence-electron chi connectivity index (χ3n) is 6.98. The van der Waals surface area contributed by atoms with Crippen molar-refractivity contribution in [3.8, 4) is 0 Å². The van der Waals surface area contributed by atoms with Crippen LogP contribution in [0.4, 0.5) is 11.6 Å². The molecule has 0 radical (unpaired) electrons. The summed E-state index contributed by atoms with van der Waals surface area (Å²) >= 11 is 0. The summed E-state index contributed by atoms with van der Waals surface area (Å²) in [6.45, 7) is 2.19. The summed E-state index contributed by atoms with van der Waals surface area (Å²) in [5.74, 6) is 1.15. The van der Waals surface area contributed by atoms with E-state index in [4.69, 9.17) is 9.47 Å². The van der Waals surface area contributed by atoms with Crippen LogP contribution >= 0.6 is 0 Å². The number of amides is 2. The zero-order valence-corrected chi connectivity index (χ0v) is 19.1. The number of aromatic nitrogens is 4. The Morgan fingerprint density at radius 2 is 1.21 bits per heavy atom. The molecule has 1 saturated carbocycles. The zero-order valence-electron chi connectivity index (χ0n) is 19.1. The van der Waals surface area contributed by atoms with E-state index in [9.17, 15) is 9.59 Å². The summed E-state index contributed by atoms with van der Waals surface area (Å²) in [5.41, 5.74) is 1.87. The lowest BCUT2D eigenvalue weighted by Crippen LogP contribution is -2.24. The standard InChI is InChI=1S/C24H30N6O4/c31-23(17-8-10-33-13-17)25-21-6-4-19(27-29-21)15-2-1-3-16(12-15)20-5-7-22(30-28-20)26-24(32)18-9-11-34-14-18/h4-7,15-18H,1-3,8-14H2,(H,25,29,31)(H,26,30,32). The van der Waals surface area contributed by atoms with Gasteiger partial charge in [0.1, 0.15) is 0 Å². The van der Waals surface area contributed by atoms with Crippen molar-refractivity contribution in [2.75, 3.05) is 37.1 Å². The van der Waals surface area contributed by atoms with Gasteiger partial charge in [0.2, 0.25) is 11.8 Å². The molecule has 4 unspecified atom stereocenters. The lowest BCUT2D eigenvalue weighted by atomic mass is 9.78. The Hall–Kier alpha value is -2.98. The summed E-state index contributed by atoms with van der Waals surface area (Å²) in [5, 5.41) is 23.0. The van der Waals surface area contributed by atoms with Gasteiger partial charge in [-0.15, -0.1) is 10.2 Å². The van der Waals surface area contributed by atoms with E-state index in [1.165, 1.54) is 0 Å². The summed E-state index contributed by atoms with van der Waals surface area (Å²) < 4.78 is 10.6. The van der Waals surface area contributed by atoms with E-state index in [0.29, 0.717) is 38.1 Å². The van der Waals surface area contributed by atoms with Gasteiger partial charge in [0, 0.05) is 25.0 Å². The molecule has 4 atom stereocenters. The average Bonchev–Trinajstić information content (AvgIpc) is 3.60. The summed E-state index contributed by atoms with van der Waals surface area (Å²) in [7, 11) is 0. The third kappa shape index (κ3) is 5.39. The summed E-state index contributed by atoms with van der Waals surface area (Å²) in [4.78, 5) is 24.5. The second kappa shape index (κ2) is 10.5. The van der Waals surface area contributed by atoms with Gasteiger partial charge in [0.25, 0.3) is 0 Å². The predicted molar refractivity (Wildman–Crippen MR) is 123 cm³/mol. The third-order valence-corrected chi connectivity index (χ3v) is 6.98. The van der Waals surface area contributed by atoms with E-state index in [1.807, 2.05) is 24.3 Å². The molecule has 34 heavy (non-hydrogen) atoms. The Balaban J connectivity index is 1.16. The number of nitrogens with zero attached hydrogens (tertiary/aromatic N) is 4. The summed E-state index contributed by atoms with van der Waals surface area (Å²) in [6, 6.07) is 7.56. The molecular weight excluding hydrogens is 436 g/mol. The molecule has 0 bridgehead atoms. The van der Waals surface area contributed by atoms with Gasteiger partial charge in [-0.25, -0.2) is 0 Å². The quantitative estimate of drug-likeness (QED) is 0.665. The number of rotatable bonds is 6. The molecular formula is C24H30N6O4. The van der Waals surface area contributed by atoms with Crippen LogP contribution in [0.15, 0.2) is 24.3 Å². The highest BCUT2D eigenvalue weighted by atomic mass is 16.5. The topological polar surface area (TPSA) is 128 Å². The monoisotopic (exact) mass is 466 g/mol. The van der Waals surface area contributed by atoms with Crippen molar-refractivity contribution in [2.24, 2.45) is 11.8 Å². The van der Waals surface area contributed by atoms with Crippen LogP contribution in [-0.4, -0.2) is 58.6 Å². The largest absolute Gasteiger partial charge is 0.381 e. The van der Waals surface area contributed by atoms with Crippen molar-refractivity contribution in [2.45, 2.75) is 50.4 Å². The first-order valence-corrected chi connectivity index (χ1v) is 12.1.